The molecule has 0 bridgehead atoms. The van der Waals surface area contributed by atoms with E-state index in [2.05, 4.69) is 47.6 Å². The minimum absolute atomic E-state index is 0.164. The third kappa shape index (κ3) is 5.69. The predicted octanol–water partition coefficient (Wildman–Crippen LogP) is 4.32. The van der Waals surface area contributed by atoms with E-state index in [1.807, 2.05) is 12.2 Å². The molecule has 0 aliphatic heterocycles. The van der Waals surface area contributed by atoms with Crippen LogP contribution in [0.15, 0.2) is 36.0 Å². The molecule has 0 saturated carbocycles. The lowest BCUT2D eigenvalue weighted by molar-refractivity contribution is -0.104. The lowest BCUT2D eigenvalue weighted by atomic mass is 9.72. The first kappa shape index (κ1) is 14.9. The Balaban J connectivity index is 4.93. The summed E-state index contributed by atoms with van der Waals surface area (Å²) in [4.78, 5) is 10.1. The molecule has 0 aromatic rings. The van der Waals surface area contributed by atoms with Gasteiger partial charge in [0.2, 0.25) is 0 Å². The Kier molecular flexibility index (Phi) is 5.43. The smallest absolute Gasteiger partial charge is 0.142 e. The van der Waals surface area contributed by atoms with Gasteiger partial charge in [0.1, 0.15) is 6.29 Å². The van der Waals surface area contributed by atoms with Gasteiger partial charge in [-0.1, -0.05) is 71.4 Å². The molecule has 0 amide bonds. The van der Waals surface area contributed by atoms with Crippen molar-refractivity contribution >= 4 is 6.29 Å². The highest BCUT2D eigenvalue weighted by molar-refractivity contribution is 5.65. The van der Waals surface area contributed by atoms with E-state index < -0.39 is 0 Å². The molecule has 0 N–H and O–H groups in total. The van der Waals surface area contributed by atoms with Crippen molar-refractivity contribution in [1.29, 1.82) is 0 Å². The molecule has 1 heteroatoms. The number of carbonyl (C=O) groups excluding carboxylic acids is 1. The summed E-state index contributed by atoms with van der Waals surface area (Å²) in [5.74, 6) is 0. The topological polar surface area (TPSA) is 17.1 Å². The van der Waals surface area contributed by atoms with E-state index in [9.17, 15) is 4.79 Å². The first-order valence-corrected chi connectivity index (χ1v) is 5.69. The van der Waals surface area contributed by atoms with Crippen LogP contribution < -0.4 is 0 Å². The molecule has 0 aromatic heterocycles. The molecule has 0 fully saturated rings. The zero-order chi connectivity index (χ0) is 12.8. The van der Waals surface area contributed by atoms with Gasteiger partial charge in [-0.2, -0.15) is 0 Å². The average molecular weight is 220 g/mol. The summed E-state index contributed by atoms with van der Waals surface area (Å²) >= 11 is 0. The highest BCUT2D eigenvalue weighted by atomic mass is 16.1. The monoisotopic (exact) mass is 220 g/mol. The third-order valence-electron chi connectivity index (χ3n) is 2.29. The molecule has 0 saturated heterocycles. The van der Waals surface area contributed by atoms with E-state index in [-0.39, 0.29) is 10.8 Å². The summed E-state index contributed by atoms with van der Waals surface area (Å²) in [6.07, 6.45) is 10.0. The fourth-order valence-electron chi connectivity index (χ4n) is 1.95. The van der Waals surface area contributed by atoms with Gasteiger partial charge in [-0.25, -0.2) is 0 Å². The first-order chi connectivity index (χ1) is 7.19. The van der Waals surface area contributed by atoms with Crippen LogP contribution in [-0.2, 0) is 4.79 Å². The number of hydrogen-bond donors (Lipinski definition) is 0. The second kappa shape index (κ2) is 5.83. The minimum Gasteiger partial charge on any atom is -0.299 e. The number of aldehydes is 1. The van der Waals surface area contributed by atoms with E-state index in [4.69, 9.17) is 0 Å². The van der Waals surface area contributed by atoms with Gasteiger partial charge in [0.15, 0.2) is 0 Å². The number of hydrogen-bond acceptors (Lipinski definition) is 1. The van der Waals surface area contributed by atoms with Crippen molar-refractivity contribution in [3.8, 4) is 0 Å². The van der Waals surface area contributed by atoms with Gasteiger partial charge in [0, 0.05) is 0 Å². The van der Waals surface area contributed by atoms with Crippen LogP contribution in [0.5, 0.6) is 0 Å². The Hall–Kier alpha value is -1.11. The first-order valence-electron chi connectivity index (χ1n) is 5.69. The van der Waals surface area contributed by atoms with Crippen LogP contribution in [0.4, 0.5) is 0 Å². The molecule has 0 rings (SSSR count). The van der Waals surface area contributed by atoms with Gasteiger partial charge in [0.25, 0.3) is 0 Å². The number of allylic oxidation sites excluding steroid dienone is 6. The standard InChI is InChI=1S/C15H24O/c1-14(2,3)13(15(4,5)6)11-9-7-8-10-12-16/h7-12H,1-6H3/b9-7+,10-8+. The Morgan fingerprint density at radius 2 is 1.19 bits per heavy atom. The van der Waals surface area contributed by atoms with Crippen molar-refractivity contribution in [2.75, 3.05) is 0 Å². The van der Waals surface area contributed by atoms with Crippen molar-refractivity contribution < 1.29 is 4.79 Å². The van der Waals surface area contributed by atoms with Crippen molar-refractivity contribution in [1.82, 2.24) is 0 Å². The zero-order valence-corrected chi connectivity index (χ0v) is 11.4. The summed E-state index contributed by atoms with van der Waals surface area (Å²) in [6, 6.07) is 0. The maximum Gasteiger partial charge on any atom is 0.142 e. The lowest BCUT2D eigenvalue weighted by Crippen LogP contribution is -2.22. The van der Waals surface area contributed by atoms with Crippen LogP contribution in [0.25, 0.3) is 0 Å². The molecule has 0 aromatic carbocycles. The van der Waals surface area contributed by atoms with E-state index >= 15 is 0 Å². The Bertz CT molecular complexity index is 287. The van der Waals surface area contributed by atoms with Crippen LogP contribution >= 0.6 is 0 Å². The minimum atomic E-state index is 0.164. The zero-order valence-electron chi connectivity index (χ0n) is 11.4. The highest BCUT2D eigenvalue weighted by Crippen LogP contribution is 2.38. The molecule has 0 aliphatic carbocycles. The molecule has 0 spiro atoms. The molecule has 0 aliphatic rings. The lowest BCUT2D eigenvalue weighted by Gasteiger charge is -2.33. The van der Waals surface area contributed by atoms with Crippen LogP contribution in [0.3, 0.4) is 0 Å². The average Bonchev–Trinajstić information content (AvgIpc) is 2.06. The molecule has 0 radical (unpaired) electrons. The molecule has 0 unspecified atom stereocenters. The molecule has 0 heterocycles. The Labute approximate surface area is 99.9 Å². The van der Waals surface area contributed by atoms with Crippen LogP contribution in [0, 0.1) is 10.8 Å². The van der Waals surface area contributed by atoms with Crippen molar-refractivity contribution in [3.63, 3.8) is 0 Å². The van der Waals surface area contributed by atoms with Gasteiger partial charge in [-0.05, 0) is 16.9 Å². The van der Waals surface area contributed by atoms with Gasteiger partial charge < -0.3 is 0 Å². The summed E-state index contributed by atoms with van der Waals surface area (Å²) in [6.45, 7) is 13.3. The molecule has 1 nitrogen and oxygen atoms in total. The fraction of sp³-hybridized carbons (Fsp3) is 0.533. The normalized spacial score (nSPS) is 13.4. The SMILES string of the molecule is CC(C)(C)C(=C/C=C/C=C/C=O)C(C)(C)C. The fourth-order valence-corrected chi connectivity index (χ4v) is 1.95. The summed E-state index contributed by atoms with van der Waals surface area (Å²) < 4.78 is 0. The number of carbonyl (C=O) groups is 1. The molecule has 16 heavy (non-hydrogen) atoms. The van der Waals surface area contributed by atoms with Crippen molar-refractivity contribution in [2.24, 2.45) is 10.8 Å². The van der Waals surface area contributed by atoms with Crippen LogP contribution in [0.1, 0.15) is 41.5 Å². The Morgan fingerprint density at radius 1 is 0.750 bits per heavy atom. The van der Waals surface area contributed by atoms with E-state index in [1.165, 1.54) is 11.6 Å². The second-order valence-electron chi connectivity index (χ2n) is 5.99. The third-order valence-corrected chi connectivity index (χ3v) is 2.29. The summed E-state index contributed by atoms with van der Waals surface area (Å²) in [5.41, 5.74) is 1.73. The van der Waals surface area contributed by atoms with Crippen molar-refractivity contribution in [2.45, 2.75) is 41.5 Å². The molecule has 90 valence electrons. The Morgan fingerprint density at radius 3 is 1.56 bits per heavy atom. The van der Waals surface area contributed by atoms with E-state index in [0.717, 1.165) is 6.29 Å². The van der Waals surface area contributed by atoms with Crippen LogP contribution in [0.2, 0.25) is 0 Å². The predicted molar refractivity (Wildman–Crippen MR) is 71.3 cm³/mol. The maximum absolute atomic E-state index is 10.1. The van der Waals surface area contributed by atoms with Gasteiger partial charge >= 0.3 is 0 Å². The highest BCUT2D eigenvalue weighted by Gasteiger charge is 2.26. The van der Waals surface area contributed by atoms with E-state index in [1.54, 1.807) is 6.08 Å². The van der Waals surface area contributed by atoms with Crippen LogP contribution in [-0.4, -0.2) is 6.29 Å². The maximum atomic E-state index is 10.1. The van der Waals surface area contributed by atoms with E-state index in [0.29, 0.717) is 0 Å². The van der Waals surface area contributed by atoms with Crippen molar-refractivity contribution in [3.05, 3.63) is 36.0 Å². The molecule has 0 atom stereocenters. The second-order valence-corrected chi connectivity index (χ2v) is 5.99. The summed E-state index contributed by atoms with van der Waals surface area (Å²) in [7, 11) is 0. The van der Waals surface area contributed by atoms with Gasteiger partial charge in [-0.3, -0.25) is 4.79 Å². The molecular formula is C15H24O. The summed E-state index contributed by atoms with van der Waals surface area (Å²) in [5, 5.41) is 0. The largest absolute Gasteiger partial charge is 0.299 e. The van der Waals surface area contributed by atoms with Gasteiger partial charge in [0.05, 0.1) is 0 Å². The van der Waals surface area contributed by atoms with Gasteiger partial charge in [-0.15, -0.1) is 0 Å². The number of rotatable bonds is 3. The molecular weight excluding hydrogens is 196 g/mol. The quantitative estimate of drug-likeness (QED) is 0.393.